The van der Waals surface area contributed by atoms with Crippen molar-refractivity contribution < 1.29 is 13.5 Å². The smallest absolute Gasteiger partial charge is 0.165 e. The fourth-order valence-corrected chi connectivity index (χ4v) is 1.41. The van der Waals surface area contributed by atoms with Crippen molar-refractivity contribution >= 4 is 0 Å². The van der Waals surface area contributed by atoms with Gasteiger partial charge in [0, 0.05) is 11.1 Å². The SMILES string of the molecule is COc1c(F)cc(CF)cc1C(C)(C)N. The maximum atomic E-state index is 13.5. The van der Waals surface area contributed by atoms with Gasteiger partial charge in [0.05, 0.1) is 7.11 Å². The molecule has 0 saturated carbocycles. The third kappa shape index (κ3) is 2.45. The standard InChI is InChI=1S/C11H15F2NO/c1-11(2,14)8-4-7(6-12)5-9(13)10(8)15-3/h4-5H,6,14H2,1-3H3. The topological polar surface area (TPSA) is 35.2 Å². The van der Waals surface area contributed by atoms with Gasteiger partial charge < -0.3 is 10.5 Å². The summed E-state index contributed by atoms with van der Waals surface area (Å²) in [7, 11) is 1.36. The summed E-state index contributed by atoms with van der Waals surface area (Å²) in [6.07, 6.45) is 0. The summed E-state index contributed by atoms with van der Waals surface area (Å²) in [5.41, 5.74) is 5.83. The number of rotatable bonds is 3. The number of alkyl halides is 1. The van der Waals surface area contributed by atoms with E-state index in [-0.39, 0.29) is 11.3 Å². The second kappa shape index (κ2) is 4.14. The fourth-order valence-electron chi connectivity index (χ4n) is 1.41. The molecule has 0 aliphatic heterocycles. The van der Waals surface area contributed by atoms with Gasteiger partial charge in [0.25, 0.3) is 0 Å². The van der Waals surface area contributed by atoms with Gasteiger partial charge in [-0.05, 0) is 31.5 Å². The average molecular weight is 215 g/mol. The lowest BCUT2D eigenvalue weighted by Gasteiger charge is -2.23. The first-order valence-corrected chi connectivity index (χ1v) is 4.62. The van der Waals surface area contributed by atoms with Crippen LogP contribution in [-0.2, 0) is 12.2 Å². The van der Waals surface area contributed by atoms with Crippen LogP contribution in [-0.4, -0.2) is 7.11 Å². The molecule has 0 saturated heterocycles. The van der Waals surface area contributed by atoms with Crippen molar-refractivity contribution in [2.75, 3.05) is 7.11 Å². The van der Waals surface area contributed by atoms with Crippen LogP contribution in [0.25, 0.3) is 0 Å². The molecule has 1 rings (SSSR count). The molecule has 84 valence electrons. The number of hydrogen-bond donors (Lipinski definition) is 1. The van der Waals surface area contributed by atoms with Gasteiger partial charge in [-0.3, -0.25) is 0 Å². The van der Waals surface area contributed by atoms with Crippen molar-refractivity contribution in [1.29, 1.82) is 0 Å². The summed E-state index contributed by atoms with van der Waals surface area (Å²) in [5.74, 6) is -0.499. The zero-order valence-electron chi connectivity index (χ0n) is 9.10. The lowest BCUT2D eigenvalue weighted by Crippen LogP contribution is -2.29. The van der Waals surface area contributed by atoms with E-state index in [0.717, 1.165) is 6.07 Å². The third-order valence-corrected chi connectivity index (χ3v) is 2.16. The predicted octanol–water partition coefficient (Wildman–Crippen LogP) is 2.50. The molecular formula is C11H15F2NO. The molecule has 0 aromatic heterocycles. The van der Waals surface area contributed by atoms with Crippen LogP contribution < -0.4 is 10.5 Å². The Morgan fingerprint density at radius 2 is 2.00 bits per heavy atom. The van der Waals surface area contributed by atoms with E-state index in [1.165, 1.54) is 13.2 Å². The van der Waals surface area contributed by atoms with Crippen molar-refractivity contribution in [2.45, 2.75) is 26.1 Å². The Hall–Kier alpha value is -1.16. The summed E-state index contributed by atoms with van der Waals surface area (Å²) >= 11 is 0. The Balaban J connectivity index is 3.39. The molecule has 15 heavy (non-hydrogen) atoms. The maximum absolute atomic E-state index is 13.5. The Morgan fingerprint density at radius 3 is 2.40 bits per heavy atom. The van der Waals surface area contributed by atoms with Gasteiger partial charge in [-0.2, -0.15) is 0 Å². The van der Waals surface area contributed by atoms with Crippen LogP contribution in [0.2, 0.25) is 0 Å². The Kier molecular flexibility index (Phi) is 3.29. The highest BCUT2D eigenvalue weighted by Gasteiger charge is 2.22. The quantitative estimate of drug-likeness (QED) is 0.840. The molecule has 0 radical (unpaired) electrons. The van der Waals surface area contributed by atoms with Crippen LogP contribution in [0.4, 0.5) is 8.78 Å². The van der Waals surface area contributed by atoms with E-state index in [1.54, 1.807) is 13.8 Å². The van der Waals surface area contributed by atoms with E-state index in [4.69, 9.17) is 10.5 Å². The molecule has 0 fully saturated rings. The van der Waals surface area contributed by atoms with Gasteiger partial charge >= 0.3 is 0 Å². The molecule has 0 aliphatic carbocycles. The van der Waals surface area contributed by atoms with E-state index < -0.39 is 18.0 Å². The minimum absolute atomic E-state index is 0.0831. The van der Waals surface area contributed by atoms with Crippen LogP contribution in [0.3, 0.4) is 0 Å². The van der Waals surface area contributed by atoms with E-state index in [9.17, 15) is 8.78 Å². The Bertz CT molecular complexity index is 358. The largest absolute Gasteiger partial charge is 0.493 e. The molecule has 0 heterocycles. The van der Waals surface area contributed by atoms with Crippen LogP contribution in [0.15, 0.2) is 12.1 Å². The Morgan fingerprint density at radius 1 is 1.40 bits per heavy atom. The molecule has 0 atom stereocenters. The Labute approximate surface area is 88.0 Å². The number of methoxy groups -OCH3 is 1. The average Bonchev–Trinajstić information content (AvgIpc) is 2.15. The summed E-state index contributed by atoms with van der Waals surface area (Å²) < 4.78 is 30.9. The molecule has 1 aromatic carbocycles. The van der Waals surface area contributed by atoms with Crippen LogP contribution >= 0.6 is 0 Å². The highest BCUT2D eigenvalue weighted by atomic mass is 19.1. The van der Waals surface area contributed by atoms with Crippen molar-refractivity contribution in [3.8, 4) is 5.75 Å². The maximum Gasteiger partial charge on any atom is 0.165 e. The second-order valence-corrected chi connectivity index (χ2v) is 4.01. The summed E-state index contributed by atoms with van der Waals surface area (Å²) in [4.78, 5) is 0. The first kappa shape index (κ1) is 11.9. The van der Waals surface area contributed by atoms with E-state index in [1.807, 2.05) is 0 Å². The van der Waals surface area contributed by atoms with Gasteiger partial charge in [-0.15, -0.1) is 0 Å². The third-order valence-electron chi connectivity index (χ3n) is 2.16. The normalized spacial score (nSPS) is 11.6. The molecule has 4 heteroatoms. The predicted molar refractivity (Wildman–Crippen MR) is 55.0 cm³/mol. The van der Waals surface area contributed by atoms with Crippen LogP contribution in [0.1, 0.15) is 25.0 Å². The van der Waals surface area contributed by atoms with Crippen molar-refractivity contribution in [3.05, 3.63) is 29.1 Å². The fraction of sp³-hybridized carbons (Fsp3) is 0.455. The minimum atomic E-state index is -0.767. The van der Waals surface area contributed by atoms with Crippen LogP contribution in [0, 0.1) is 5.82 Å². The molecule has 1 aromatic rings. The van der Waals surface area contributed by atoms with Gasteiger partial charge in [0.2, 0.25) is 0 Å². The highest BCUT2D eigenvalue weighted by molar-refractivity contribution is 5.42. The number of halogens is 2. The molecule has 2 nitrogen and oxygen atoms in total. The second-order valence-electron chi connectivity index (χ2n) is 4.01. The summed E-state index contributed by atoms with van der Waals surface area (Å²) in [5, 5.41) is 0. The number of benzene rings is 1. The first-order valence-electron chi connectivity index (χ1n) is 4.62. The molecule has 0 aliphatic rings. The lowest BCUT2D eigenvalue weighted by atomic mass is 9.93. The summed E-state index contributed by atoms with van der Waals surface area (Å²) in [6, 6.07) is 2.65. The molecule has 0 spiro atoms. The van der Waals surface area contributed by atoms with Gasteiger partial charge in [0.15, 0.2) is 11.6 Å². The van der Waals surface area contributed by atoms with Gasteiger partial charge in [-0.25, -0.2) is 8.78 Å². The number of hydrogen-bond acceptors (Lipinski definition) is 2. The molecule has 0 unspecified atom stereocenters. The highest BCUT2D eigenvalue weighted by Crippen LogP contribution is 2.31. The number of nitrogens with two attached hydrogens (primary N) is 1. The summed E-state index contributed by atoms with van der Waals surface area (Å²) in [6.45, 7) is 2.71. The molecule has 0 amide bonds. The van der Waals surface area contributed by atoms with Crippen molar-refractivity contribution in [1.82, 2.24) is 0 Å². The van der Waals surface area contributed by atoms with Crippen molar-refractivity contribution in [3.63, 3.8) is 0 Å². The zero-order chi connectivity index (χ0) is 11.6. The van der Waals surface area contributed by atoms with Gasteiger partial charge in [-0.1, -0.05) is 0 Å². The van der Waals surface area contributed by atoms with Crippen molar-refractivity contribution in [2.24, 2.45) is 5.73 Å². The minimum Gasteiger partial charge on any atom is -0.493 e. The lowest BCUT2D eigenvalue weighted by molar-refractivity contribution is 0.366. The first-order chi connectivity index (χ1) is 6.90. The van der Waals surface area contributed by atoms with E-state index in [0.29, 0.717) is 5.56 Å². The monoisotopic (exact) mass is 215 g/mol. The van der Waals surface area contributed by atoms with E-state index in [2.05, 4.69) is 0 Å². The molecule has 2 N–H and O–H groups in total. The number of ether oxygens (including phenoxy) is 1. The van der Waals surface area contributed by atoms with E-state index >= 15 is 0 Å². The van der Waals surface area contributed by atoms with Gasteiger partial charge in [0.1, 0.15) is 6.67 Å². The molecular weight excluding hydrogens is 200 g/mol. The zero-order valence-corrected chi connectivity index (χ0v) is 9.10. The molecule has 0 bridgehead atoms. The van der Waals surface area contributed by atoms with Crippen LogP contribution in [0.5, 0.6) is 5.75 Å².